The smallest absolute Gasteiger partial charge is 0.124 e. The third kappa shape index (κ3) is 3.57. The van der Waals surface area contributed by atoms with E-state index in [-0.39, 0.29) is 16.5 Å². The first-order chi connectivity index (χ1) is 8.97. The third-order valence-electron chi connectivity index (χ3n) is 2.58. The Kier molecular flexibility index (Phi) is 4.63. The molecule has 1 aromatic heterocycles. The molecule has 0 aliphatic heterocycles. The fourth-order valence-electron chi connectivity index (χ4n) is 1.66. The summed E-state index contributed by atoms with van der Waals surface area (Å²) in [4.78, 5) is 3.99. The fourth-order valence-corrected chi connectivity index (χ4v) is 2.41. The maximum Gasteiger partial charge on any atom is 0.124 e. The van der Waals surface area contributed by atoms with E-state index in [0.717, 1.165) is 0 Å². The molecule has 0 radical (unpaired) electrons. The molecule has 100 valence electrons. The third-order valence-corrected chi connectivity index (χ3v) is 3.44. The Labute approximate surface area is 124 Å². The van der Waals surface area contributed by atoms with Gasteiger partial charge < -0.3 is 5.11 Å². The quantitative estimate of drug-likeness (QED) is 0.906. The summed E-state index contributed by atoms with van der Waals surface area (Å²) in [6, 6.07) is 5.50. The number of aliphatic hydroxyl groups excluding tert-OH is 1. The minimum absolute atomic E-state index is 0.188. The number of hydrogen-bond donors (Lipinski definition) is 1. The maximum absolute atomic E-state index is 12.9. The van der Waals surface area contributed by atoms with Crippen LogP contribution in [0.2, 0.25) is 15.1 Å². The summed E-state index contributed by atoms with van der Waals surface area (Å²) in [6.45, 7) is 0. The highest BCUT2D eigenvalue weighted by molar-refractivity contribution is 6.34. The van der Waals surface area contributed by atoms with Crippen molar-refractivity contribution in [2.75, 3.05) is 0 Å². The molecule has 1 unspecified atom stereocenters. The van der Waals surface area contributed by atoms with Crippen LogP contribution in [0, 0.1) is 5.82 Å². The zero-order chi connectivity index (χ0) is 14.0. The Hall–Kier alpha value is -0.870. The van der Waals surface area contributed by atoms with Crippen LogP contribution in [0.3, 0.4) is 0 Å². The molecule has 0 aliphatic carbocycles. The van der Waals surface area contributed by atoms with Crippen LogP contribution in [0.15, 0.2) is 30.5 Å². The second kappa shape index (κ2) is 6.06. The van der Waals surface area contributed by atoms with E-state index < -0.39 is 11.9 Å². The van der Waals surface area contributed by atoms with Crippen LogP contribution in [0.5, 0.6) is 0 Å². The number of halogens is 4. The van der Waals surface area contributed by atoms with E-state index in [4.69, 9.17) is 34.8 Å². The molecule has 0 amide bonds. The molecule has 1 heterocycles. The monoisotopic (exact) mass is 319 g/mol. The molecular weight excluding hydrogens is 312 g/mol. The molecule has 1 atom stereocenters. The van der Waals surface area contributed by atoms with E-state index in [2.05, 4.69) is 4.98 Å². The minimum Gasteiger partial charge on any atom is -0.386 e. The Morgan fingerprint density at radius 1 is 1.16 bits per heavy atom. The van der Waals surface area contributed by atoms with Gasteiger partial charge >= 0.3 is 0 Å². The Bertz CT molecular complexity index is 606. The molecule has 0 fully saturated rings. The lowest BCUT2D eigenvalue weighted by Gasteiger charge is -2.13. The van der Waals surface area contributed by atoms with Crippen LogP contribution in [0.4, 0.5) is 4.39 Å². The van der Waals surface area contributed by atoms with E-state index in [1.165, 1.54) is 30.5 Å². The summed E-state index contributed by atoms with van der Waals surface area (Å²) in [5.41, 5.74) is 0.926. The number of rotatable bonds is 3. The van der Waals surface area contributed by atoms with Crippen LogP contribution < -0.4 is 0 Å². The van der Waals surface area contributed by atoms with Gasteiger partial charge in [-0.25, -0.2) is 4.39 Å². The number of benzene rings is 1. The van der Waals surface area contributed by atoms with E-state index >= 15 is 0 Å². The average molecular weight is 321 g/mol. The lowest BCUT2D eigenvalue weighted by Crippen LogP contribution is -2.05. The topological polar surface area (TPSA) is 33.1 Å². The van der Waals surface area contributed by atoms with Crippen LogP contribution in [-0.2, 0) is 6.42 Å². The molecule has 0 aliphatic rings. The van der Waals surface area contributed by atoms with Gasteiger partial charge in [-0.15, -0.1) is 0 Å². The Morgan fingerprint density at radius 2 is 1.89 bits per heavy atom. The predicted molar refractivity (Wildman–Crippen MR) is 74.3 cm³/mol. The molecule has 2 rings (SSSR count). The summed E-state index contributed by atoms with van der Waals surface area (Å²) in [6.07, 6.45) is 0.652. The first-order valence-corrected chi connectivity index (χ1v) is 6.53. The van der Waals surface area contributed by atoms with Crippen molar-refractivity contribution in [2.24, 2.45) is 0 Å². The van der Waals surface area contributed by atoms with Gasteiger partial charge in [-0.3, -0.25) is 4.98 Å². The normalized spacial score (nSPS) is 12.5. The minimum atomic E-state index is -0.937. The molecule has 0 saturated heterocycles. The molecule has 0 saturated carbocycles. The van der Waals surface area contributed by atoms with Crippen LogP contribution >= 0.6 is 34.8 Å². The SMILES string of the molecule is OC(Cc1ccc(F)cc1Cl)c1ncc(Cl)cc1Cl. The molecule has 0 bridgehead atoms. The molecule has 2 aromatic rings. The highest BCUT2D eigenvalue weighted by atomic mass is 35.5. The van der Waals surface area contributed by atoms with E-state index in [1.54, 1.807) is 0 Å². The Morgan fingerprint density at radius 3 is 2.53 bits per heavy atom. The number of aromatic nitrogens is 1. The molecular formula is C13H9Cl3FNO. The van der Waals surface area contributed by atoms with Crippen molar-refractivity contribution in [2.45, 2.75) is 12.5 Å². The maximum atomic E-state index is 12.9. The standard InChI is InChI=1S/C13H9Cl3FNO/c14-8-4-11(16)13(18-6-8)12(19)3-7-1-2-9(17)5-10(7)15/h1-2,4-6,12,19H,3H2. The fraction of sp³-hybridized carbons (Fsp3) is 0.154. The molecule has 1 N–H and O–H groups in total. The van der Waals surface area contributed by atoms with Crippen molar-refractivity contribution >= 4 is 34.8 Å². The van der Waals surface area contributed by atoms with Gasteiger partial charge in [0.2, 0.25) is 0 Å². The first-order valence-electron chi connectivity index (χ1n) is 5.40. The summed E-state index contributed by atoms with van der Waals surface area (Å²) in [5.74, 6) is -0.425. The number of aliphatic hydroxyl groups is 1. The number of hydrogen-bond acceptors (Lipinski definition) is 2. The lowest BCUT2D eigenvalue weighted by atomic mass is 10.1. The number of nitrogens with zero attached hydrogens (tertiary/aromatic N) is 1. The molecule has 1 aromatic carbocycles. The van der Waals surface area contributed by atoms with Gasteiger partial charge in [0.1, 0.15) is 11.9 Å². The van der Waals surface area contributed by atoms with Gasteiger partial charge in [0.15, 0.2) is 0 Å². The van der Waals surface area contributed by atoms with Crippen LogP contribution in [0.25, 0.3) is 0 Å². The molecule has 6 heteroatoms. The van der Waals surface area contributed by atoms with Crippen molar-refractivity contribution in [3.05, 3.63) is 62.6 Å². The molecule has 0 spiro atoms. The van der Waals surface area contributed by atoms with Gasteiger partial charge in [0.25, 0.3) is 0 Å². The van der Waals surface area contributed by atoms with Crippen molar-refractivity contribution < 1.29 is 9.50 Å². The average Bonchev–Trinajstić information content (AvgIpc) is 2.32. The van der Waals surface area contributed by atoms with Gasteiger partial charge in [-0.2, -0.15) is 0 Å². The van der Waals surface area contributed by atoms with Crippen molar-refractivity contribution in [3.63, 3.8) is 0 Å². The van der Waals surface area contributed by atoms with Gasteiger partial charge in [-0.05, 0) is 23.8 Å². The summed E-state index contributed by atoms with van der Waals surface area (Å²) < 4.78 is 12.9. The van der Waals surface area contributed by atoms with Gasteiger partial charge in [0, 0.05) is 17.6 Å². The zero-order valence-electron chi connectivity index (χ0n) is 9.58. The highest BCUT2D eigenvalue weighted by Crippen LogP contribution is 2.28. The lowest BCUT2D eigenvalue weighted by molar-refractivity contribution is 0.173. The first kappa shape index (κ1) is 14.5. The zero-order valence-corrected chi connectivity index (χ0v) is 11.8. The molecule has 19 heavy (non-hydrogen) atoms. The van der Waals surface area contributed by atoms with Gasteiger partial charge in [-0.1, -0.05) is 40.9 Å². The number of pyridine rings is 1. The van der Waals surface area contributed by atoms with E-state index in [0.29, 0.717) is 16.3 Å². The predicted octanol–water partition coefficient (Wildman–Crippen LogP) is 4.46. The second-order valence-corrected chi connectivity index (χ2v) is 5.23. The highest BCUT2D eigenvalue weighted by Gasteiger charge is 2.16. The van der Waals surface area contributed by atoms with Crippen molar-refractivity contribution in [1.29, 1.82) is 0 Å². The van der Waals surface area contributed by atoms with Crippen molar-refractivity contribution in [1.82, 2.24) is 4.98 Å². The van der Waals surface area contributed by atoms with Crippen LogP contribution in [0.1, 0.15) is 17.4 Å². The summed E-state index contributed by atoms with van der Waals surface area (Å²) >= 11 is 17.6. The summed E-state index contributed by atoms with van der Waals surface area (Å²) in [7, 11) is 0. The van der Waals surface area contributed by atoms with Crippen LogP contribution in [-0.4, -0.2) is 10.1 Å². The summed E-state index contributed by atoms with van der Waals surface area (Å²) in [5, 5.41) is 11.0. The largest absolute Gasteiger partial charge is 0.386 e. The molecule has 2 nitrogen and oxygen atoms in total. The Balaban J connectivity index is 2.23. The van der Waals surface area contributed by atoms with Gasteiger partial charge in [0.05, 0.1) is 15.7 Å². The van der Waals surface area contributed by atoms with E-state index in [1.807, 2.05) is 0 Å². The van der Waals surface area contributed by atoms with Crippen molar-refractivity contribution in [3.8, 4) is 0 Å². The second-order valence-electron chi connectivity index (χ2n) is 3.98. The van der Waals surface area contributed by atoms with E-state index in [9.17, 15) is 9.50 Å².